The largest absolute Gasteiger partial charge is 0.306 e. The summed E-state index contributed by atoms with van der Waals surface area (Å²) >= 11 is 0. The van der Waals surface area contributed by atoms with E-state index in [1.54, 1.807) is 9.80 Å². The number of hydrogen-bond donors (Lipinski definition) is 0. The topological polar surface area (TPSA) is 30.3 Å². The number of nitrogens with zero attached hydrogens (tertiary/aromatic N) is 3. The summed E-state index contributed by atoms with van der Waals surface area (Å²) in [6.07, 6.45) is 0. The van der Waals surface area contributed by atoms with Gasteiger partial charge in [-0.3, -0.25) is 0 Å². The normalized spacial score (nSPS) is 15.7. The Morgan fingerprint density at radius 1 is 0.574 bits per heavy atom. The molecule has 2 heterocycles. The predicted molar refractivity (Wildman–Crippen MR) is 194 cm³/mol. The molecule has 2 aliphatic heterocycles. The molecule has 0 N–H and O–H groups in total. The average molecular weight is 630 g/mol. The maximum atomic E-state index is 16.2. The highest BCUT2D eigenvalue weighted by Crippen LogP contribution is 2.54. The number of anilines is 4. The minimum absolute atomic E-state index is 0.0218. The van der Waals surface area contributed by atoms with Crippen molar-refractivity contribution in [2.24, 2.45) is 0 Å². The summed E-state index contributed by atoms with van der Waals surface area (Å²) in [5, 5.41) is 10.9. The van der Waals surface area contributed by atoms with Crippen LogP contribution in [-0.4, -0.2) is 0 Å². The van der Waals surface area contributed by atoms with Crippen LogP contribution < -0.4 is 9.80 Å². The van der Waals surface area contributed by atoms with Crippen LogP contribution in [0.25, 0.3) is 0 Å². The van der Waals surface area contributed by atoms with Gasteiger partial charge < -0.3 is 9.80 Å². The minimum Gasteiger partial charge on any atom is -0.306 e. The Balaban J connectivity index is 0.00000120. The van der Waals surface area contributed by atoms with Crippen LogP contribution in [0, 0.1) is 11.3 Å². The molecule has 0 aliphatic carbocycles. The van der Waals surface area contributed by atoms with Gasteiger partial charge in [-0.05, 0) is 53.4 Å². The molecule has 6 rings (SSSR count). The number of rotatable bonds is 4. The molecule has 0 fully saturated rings. The molecule has 0 spiro atoms. The van der Waals surface area contributed by atoms with E-state index in [4.69, 9.17) is 0 Å². The van der Waals surface area contributed by atoms with Gasteiger partial charge in [-0.1, -0.05) is 135 Å². The number of benzene rings is 4. The lowest BCUT2D eigenvalue weighted by atomic mass is 9.73. The van der Waals surface area contributed by atoms with E-state index in [9.17, 15) is 5.26 Å². The molecule has 4 aromatic rings. The van der Waals surface area contributed by atoms with Crippen molar-refractivity contribution in [2.45, 2.75) is 73.1 Å². The van der Waals surface area contributed by atoms with Crippen LogP contribution in [0.15, 0.2) is 132 Å². The molecular weight excluding hydrogens is 584 g/mol. The zero-order valence-electron chi connectivity index (χ0n) is 29.0. The third kappa shape index (κ3) is 5.67. The van der Waals surface area contributed by atoms with E-state index in [0.717, 1.165) is 33.6 Å². The molecule has 242 valence electrons. The third-order valence-electron chi connectivity index (χ3n) is 8.89. The summed E-state index contributed by atoms with van der Waals surface area (Å²) in [5.74, 6) is -1.45. The van der Waals surface area contributed by atoms with E-state index in [1.807, 2.05) is 125 Å². The SMILES string of the molecule is C=C(F)/C(=C(C#N)\C(=C(/C)F)N1c2ccccc2C(C)(C)c2ccccc21)N1c2ccccc2C(C)(C)c2ccccc21.CC.CC. The Hall–Kier alpha value is -4.95. The van der Waals surface area contributed by atoms with Crippen molar-refractivity contribution in [1.82, 2.24) is 0 Å². The Bertz CT molecular complexity index is 1800. The number of fused-ring (bicyclic) bond motifs is 4. The van der Waals surface area contributed by atoms with Crippen molar-refractivity contribution in [2.75, 3.05) is 9.80 Å². The lowest BCUT2D eigenvalue weighted by Gasteiger charge is -2.44. The number of hydrogen-bond acceptors (Lipinski definition) is 3. The Labute approximate surface area is 279 Å². The summed E-state index contributed by atoms with van der Waals surface area (Å²) in [7, 11) is 0. The zero-order valence-corrected chi connectivity index (χ0v) is 29.0. The minimum atomic E-state index is -0.835. The van der Waals surface area contributed by atoms with Crippen LogP contribution in [0.1, 0.15) is 84.6 Å². The van der Waals surface area contributed by atoms with Gasteiger partial charge in [0.1, 0.15) is 29.0 Å². The Morgan fingerprint density at radius 2 is 0.851 bits per heavy atom. The molecule has 2 aliphatic rings. The maximum Gasteiger partial charge on any atom is 0.141 e. The quantitative estimate of drug-likeness (QED) is 0.166. The third-order valence-corrected chi connectivity index (χ3v) is 8.89. The molecule has 47 heavy (non-hydrogen) atoms. The lowest BCUT2D eigenvalue weighted by molar-refractivity contribution is 0.608. The maximum absolute atomic E-state index is 16.2. The van der Waals surface area contributed by atoms with Crippen molar-refractivity contribution >= 4 is 22.7 Å². The van der Waals surface area contributed by atoms with Gasteiger partial charge in [-0.15, -0.1) is 0 Å². The van der Waals surface area contributed by atoms with Crippen LogP contribution in [0.4, 0.5) is 31.5 Å². The fourth-order valence-electron chi connectivity index (χ4n) is 6.84. The molecular formula is C42H45F2N3. The van der Waals surface area contributed by atoms with Crippen LogP contribution in [-0.2, 0) is 10.8 Å². The predicted octanol–water partition coefficient (Wildman–Crippen LogP) is 12.5. The first-order valence-electron chi connectivity index (χ1n) is 16.4. The smallest absolute Gasteiger partial charge is 0.141 e. The van der Waals surface area contributed by atoms with Crippen molar-refractivity contribution in [3.63, 3.8) is 0 Å². The molecule has 4 aromatic carbocycles. The Morgan fingerprint density at radius 3 is 1.11 bits per heavy atom. The molecule has 0 unspecified atom stereocenters. The van der Waals surface area contributed by atoms with Gasteiger partial charge in [-0.2, -0.15) is 5.26 Å². The van der Waals surface area contributed by atoms with Crippen LogP contribution in [0.3, 0.4) is 0 Å². The second kappa shape index (κ2) is 13.8. The summed E-state index contributed by atoms with van der Waals surface area (Å²) in [6, 6.07) is 33.3. The molecule has 5 heteroatoms. The zero-order chi connectivity index (χ0) is 34.7. The van der Waals surface area contributed by atoms with Gasteiger partial charge in [0.15, 0.2) is 0 Å². The highest BCUT2D eigenvalue weighted by molar-refractivity contribution is 5.87. The van der Waals surface area contributed by atoms with E-state index in [0.29, 0.717) is 11.4 Å². The van der Waals surface area contributed by atoms with Crippen LogP contribution in [0.5, 0.6) is 0 Å². The van der Waals surface area contributed by atoms with Gasteiger partial charge in [-0.25, -0.2) is 8.78 Å². The standard InChI is InChI=1S/C38H33F2N3.2C2H6/c1-24(39)35(42-31-19-11-7-15-27(31)37(3,4)28-16-8-12-20-32(28)42)26(23-41)36(25(2)40)43-33-21-13-9-17-29(33)38(5,6)30-18-10-14-22-34(30)43;2*1-2/h7-22H,1H2,2-6H3;2*1-2H3/b35-26+,36-25-;;. The van der Waals surface area contributed by atoms with E-state index >= 15 is 8.78 Å². The number of para-hydroxylation sites is 4. The number of allylic oxidation sites excluding steroid dienone is 3. The monoisotopic (exact) mass is 629 g/mol. The summed E-state index contributed by atoms with van der Waals surface area (Å²) in [5.41, 5.74) is 5.70. The number of nitriles is 1. The van der Waals surface area contributed by atoms with Gasteiger partial charge in [0.2, 0.25) is 0 Å². The van der Waals surface area contributed by atoms with Gasteiger partial charge >= 0.3 is 0 Å². The summed E-state index contributed by atoms with van der Waals surface area (Å²) in [6.45, 7) is 21.5. The first-order valence-corrected chi connectivity index (χ1v) is 16.4. The van der Waals surface area contributed by atoms with Crippen LogP contribution in [0.2, 0.25) is 0 Å². The molecule has 3 nitrogen and oxygen atoms in total. The van der Waals surface area contributed by atoms with Gasteiger partial charge in [0.05, 0.1) is 28.4 Å². The second-order valence-corrected chi connectivity index (χ2v) is 12.1. The average Bonchev–Trinajstić information content (AvgIpc) is 3.09. The fraction of sp³-hybridized carbons (Fsp3) is 0.262. The summed E-state index contributed by atoms with van der Waals surface area (Å²) in [4.78, 5) is 3.49. The lowest BCUT2D eigenvalue weighted by Crippen LogP contribution is -2.35. The molecule has 0 saturated heterocycles. The molecule has 0 atom stereocenters. The van der Waals surface area contributed by atoms with Crippen molar-refractivity contribution in [3.8, 4) is 6.07 Å². The molecule has 0 aromatic heterocycles. The van der Waals surface area contributed by atoms with Crippen molar-refractivity contribution in [3.05, 3.63) is 155 Å². The number of halogens is 2. The molecule has 0 bridgehead atoms. The van der Waals surface area contributed by atoms with Crippen molar-refractivity contribution in [1.29, 1.82) is 5.26 Å². The Kier molecular flexibility index (Phi) is 10.3. The van der Waals surface area contributed by atoms with Crippen LogP contribution >= 0.6 is 0 Å². The molecule has 0 amide bonds. The summed E-state index contributed by atoms with van der Waals surface area (Å²) < 4.78 is 32.2. The highest BCUT2D eigenvalue weighted by atomic mass is 19.1. The molecule has 0 radical (unpaired) electrons. The van der Waals surface area contributed by atoms with Gasteiger partial charge in [0.25, 0.3) is 0 Å². The van der Waals surface area contributed by atoms with E-state index < -0.39 is 22.5 Å². The van der Waals surface area contributed by atoms with E-state index in [2.05, 4.69) is 40.3 Å². The van der Waals surface area contributed by atoms with E-state index in [-0.39, 0.29) is 17.0 Å². The molecule has 0 saturated carbocycles. The second-order valence-electron chi connectivity index (χ2n) is 12.1. The first-order chi connectivity index (χ1) is 22.5. The highest BCUT2D eigenvalue weighted by Gasteiger charge is 2.42. The fourth-order valence-corrected chi connectivity index (χ4v) is 6.84. The van der Waals surface area contributed by atoms with Gasteiger partial charge in [0, 0.05) is 10.8 Å². The van der Waals surface area contributed by atoms with Crippen molar-refractivity contribution < 1.29 is 8.78 Å². The van der Waals surface area contributed by atoms with E-state index in [1.165, 1.54) is 6.92 Å². The first kappa shape index (κ1) is 34.9.